The fraction of sp³-hybridized carbons (Fsp3) is 0.769. The predicted molar refractivity (Wildman–Crippen MR) is 79.7 cm³/mol. The van der Waals surface area contributed by atoms with Gasteiger partial charge in [0.1, 0.15) is 0 Å². The minimum Gasteiger partial charge on any atom is -0.481 e. The lowest BCUT2D eigenvalue weighted by Gasteiger charge is -2.21. The number of carboxylic acids is 1. The van der Waals surface area contributed by atoms with Crippen LogP contribution in [0.15, 0.2) is 0 Å². The van der Waals surface area contributed by atoms with Crippen LogP contribution in [0.25, 0.3) is 0 Å². The summed E-state index contributed by atoms with van der Waals surface area (Å²) in [5.41, 5.74) is 0. The summed E-state index contributed by atoms with van der Waals surface area (Å²) in [7, 11) is 0. The van der Waals surface area contributed by atoms with Gasteiger partial charge in [-0.25, -0.2) is 0 Å². The molecule has 0 aliphatic heterocycles. The molecule has 7 heteroatoms. The molecule has 0 saturated carbocycles. The van der Waals surface area contributed by atoms with Crippen molar-refractivity contribution >= 4 is 29.5 Å². The molecule has 0 aliphatic rings. The molecule has 0 heterocycles. The number of carboxylic acid groups (broad SMARTS) is 1. The zero-order chi connectivity index (χ0) is 15.7. The van der Waals surface area contributed by atoms with E-state index in [-0.39, 0.29) is 41.8 Å². The first-order chi connectivity index (χ1) is 9.26. The highest BCUT2D eigenvalue weighted by Crippen LogP contribution is 2.14. The van der Waals surface area contributed by atoms with Crippen molar-refractivity contribution in [1.29, 1.82) is 0 Å². The van der Waals surface area contributed by atoms with Gasteiger partial charge in [0.25, 0.3) is 0 Å². The zero-order valence-corrected chi connectivity index (χ0v) is 13.3. The van der Waals surface area contributed by atoms with E-state index in [9.17, 15) is 14.4 Å². The van der Waals surface area contributed by atoms with E-state index in [0.29, 0.717) is 6.54 Å². The molecule has 0 aromatic carbocycles. The average Bonchev–Trinajstić information content (AvgIpc) is 2.31. The van der Waals surface area contributed by atoms with E-state index >= 15 is 0 Å². The van der Waals surface area contributed by atoms with Gasteiger partial charge in [-0.15, -0.1) is 11.8 Å². The first-order valence-corrected chi connectivity index (χ1v) is 7.71. The van der Waals surface area contributed by atoms with Crippen molar-refractivity contribution in [2.75, 3.05) is 18.8 Å². The van der Waals surface area contributed by atoms with Crippen LogP contribution in [0, 0.1) is 0 Å². The highest BCUT2D eigenvalue weighted by molar-refractivity contribution is 8.00. The first-order valence-electron chi connectivity index (χ1n) is 6.66. The summed E-state index contributed by atoms with van der Waals surface area (Å²) in [5.74, 6) is -1.01. The van der Waals surface area contributed by atoms with Gasteiger partial charge in [0.15, 0.2) is 0 Å². The first kappa shape index (κ1) is 18.8. The molecule has 1 unspecified atom stereocenters. The van der Waals surface area contributed by atoms with Crippen LogP contribution in [0.5, 0.6) is 0 Å². The van der Waals surface area contributed by atoms with Crippen LogP contribution in [0.2, 0.25) is 0 Å². The molecule has 116 valence electrons. The van der Waals surface area contributed by atoms with E-state index in [0.717, 1.165) is 0 Å². The maximum absolute atomic E-state index is 12.0. The molecule has 20 heavy (non-hydrogen) atoms. The second-order valence-corrected chi connectivity index (χ2v) is 6.28. The van der Waals surface area contributed by atoms with Crippen molar-refractivity contribution in [2.24, 2.45) is 0 Å². The number of hydrogen-bond acceptors (Lipinski definition) is 4. The van der Waals surface area contributed by atoms with Crippen LogP contribution in [-0.4, -0.2) is 57.9 Å². The molecular formula is C13H24N2O4S. The molecule has 0 aromatic heterocycles. The second kappa shape index (κ2) is 9.63. The number of carbonyl (C=O) groups excluding carboxylic acids is 2. The van der Waals surface area contributed by atoms with Gasteiger partial charge in [-0.2, -0.15) is 0 Å². The number of thioether (sulfide) groups is 1. The molecule has 0 aromatic rings. The number of amides is 2. The van der Waals surface area contributed by atoms with E-state index in [1.807, 2.05) is 20.8 Å². The zero-order valence-electron chi connectivity index (χ0n) is 12.5. The molecule has 0 bridgehead atoms. The maximum Gasteiger partial charge on any atom is 0.304 e. The Morgan fingerprint density at radius 2 is 1.85 bits per heavy atom. The molecule has 0 radical (unpaired) electrons. The second-order valence-electron chi connectivity index (χ2n) is 4.85. The Balaban J connectivity index is 4.20. The third-order valence-electron chi connectivity index (χ3n) is 2.47. The third kappa shape index (κ3) is 8.79. The van der Waals surface area contributed by atoms with Crippen molar-refractivity contribution < 1.29 is 19.5 Å². The summed E-state index contributed by atoms with van der Waals surface area (Å²) in [6.07, 6.45) is 0.0257. The molecule has 2 N–H and O–H groups in total. The number of likely N-dealkylation sites (N-methyl/N-ethyl adjacent to an activating group) is 1. The van der Waals surface area contributed by atoms with Gasteiger partial charge in [-0.1, -0.05) is 6.92 Å². The van der Waals surface area contributed by atoms with Crippen LogP contribution in [0.1, 0.15) is 34.1 Å². The van der Waals surface area contributed by atoms with Gasteiger partial charge in [0.05, 0.1) is 18.7 Å². The van der Waals surface area contributed by atoms with Crippen LogP contribution >= 0.6 is 11.8 Å². The fourth-order valence-electron chi connectivity index (χ4n) is 1.53. The van der Waals surface area contributed by atoms with E-state index in [4.69, 9.17) is 5.11 Å². The van der Waals surface area contributed by atoms with Crippen molar-refractivity contribution in [3.05, 3.63) is 0 Å². The standard InChI is InChI=1S/C13H24N2O4S/c1-5-15(7-11(16)14-9(2)3)12(17)8-20-10(4)6-13(18)19/h9-10H,5-8H2,1-4H3,(H,14,16)(H,18,19). The summed E-state index contributed by atoms with van der Waals surface area (Å²) in [6.45, 7) is 7.80. The van der Waals surface area contributed by atoms with Gasteiger partial charge in [-0.05, 0) is 20.8 Å². The van der Waals surface area contributed by atoms with Crippen LogP contribution in [0.3, 0.4) is 0 Å². The quantitative estimate of drug-likeness (QED) is 0.662. The predicted octanol–water partition coefficient (Wildman–Crippen LogP) is 0.956. The van der Waals surface area contributed by atoms with E-state index < -0.39 is 5.97 Å². The monoisotopic (exact) mass is 304 g/mol. The summed E-state index contributed by atoms with van der Waals surface area (Å²) in [4.78, 5) is 35.6. The van der Waals surface area contributed by atoms with Gasteiger partial charge >= 0.3 is 5.97 Å². The molecule has 6 nitrogen and oxygen atoms in total. The number of hydrogen-bond donors (Lipinski definition) is 2. The SMILES string of the molecule is CCN(CC(=O)NC(C)C)C(=O)CSC(C)CC(=O)O. The van der Waals surface area contributed by atoms with Gasteiger partial charge in [-0.3, -0.25) is 14.4 Å². The molecule has 0 aliphatic carbocycles. The molecule has 0 fully saturated rings. The van der Waals surface area contributed by atoms with E-state index in [2.05, 4.69) is 5.32 Å². The van der Waals surface area contributed by atoms with Crippen LogP contribution in [-0.2, 0) is 14.4 Å². The van der Waals surface area contributed by atoms with Crippen LogP contribution in [0.4, 0.5) is 0 Å². The Kier molecular flexibility index (Phi) is 9.03. The Labute approximate surface area is 124 Å². The topological polar surface area (TPSA) is 86.7 Å². The van der Waals surface area contributed by atoms with E-state index in [1.165, 1.54) is 16.7 Å². The lowest BCUT2D eigenvalue weighted by Crippen LogP contribution is -2.43. The minimum absolute atomic E-state index is 0.0257. The summed E-state index contributed by atoms with van der Waals surface area (Å²) in [6, 6.07) is 0.0428. The highest BCUT2D eigenvalue weighted by atomic mass is 32.2. The highest BCUT2D eigenvalue weighted by Gasteiger charge is 2.17. The Morgan fingerprint density at radius 3 is 2.30 bits per heavy atom. The number of carbonyl (C=O) groups is 3. The molecule has 0 spiro atoms. The molecular weight excluding hydrogens is 280 g/mol. The van der Waals surface area contributed by atoms with Gasteiger partial charge < -0.3 is 15.3 Å². The minimum atomic E-state index is -0.874. The average molecular weight is 304 g/mol. The lowest BCUT2D eigenvalue weighted by atomic mass is 10.3. The Hall–Kier alpha value is -1.24. The number of rotatable bonds is 9. The smallest absolute Gasteiger partial charge is 0.304 e. The summed E-state index contributed by atoms with van der Waals surface area (Å²) < 4.78 is 0. The van der Waals surface area contributed by atoms with Crippen molar-refractivity contribution in [2.45, 2.75) is 45.4 Å². The number of nitrogens with zero attached hydrogens (tertiary/aromatic N) is 1. The van der Waals surface area contributed by atoms with Gasteiger partial charge in [0, 0.05) is 17.8 Å². The third-order valence-corrected chi connectivity index (χ3v) is 3.62. The molecule has 1 atom stereocenters. The summed E-state index contributed by atoms with van der Waals surface area (Å²) in [5, 5.41) is 11.3. The Morgan fingerprint density at radius 1 is 1.25 bits per heavy atom. The number of aliphatic carboxylic acids is 1. The van der Waals surface area contributed by atoms with Crippen LogP contribution < -0.4 is 5.32 Å². The molecule has 0 rings (SSSR count). The fourth-order valence-corrected chi connectivity index (χ4v) is 2.40. The van der Waals surface area contributed by atoms with Crippen molar-refractivity contribution in [1.82, 2.24) is 10.2 Å². The normalized spacial score (nSPS) is 12.1. The summed E-state index contributed by atoms with van der Waals surface area (Å²) >= 11 is 1.29. The number of nitrogens with one attached hydrogen (secondary N) is 1. The van der Waals surface area contributed by atoms with Crippen molar-refractivity contribution in [3.8, 4) is 0 Å². The van der Waals surface area contributed by atoms with Gasteiger partial charge in [0.2, 0.25) is 11.8 Å². The lowest BCUT2D eigenvalue weighted by molar-refractivity contribution is -0.137. The largest absolute Gasteiger partial charge is 0.481 e. The van der Waals surface area contributed by atoms with Crippen molar-refractivity contribution in [3.63, 3.8) is 0 Å². The van der Waals surface area contributed by atoms with E-state index in [1.54, 1.807) is 6.92 Å². The maximum atomic E-state index is 12.0. The Bertz CT molecular complexity index is 347. The molecule has 0 saturated heterocycles. The molecule has 2 amide bonds.